The third-order valence-electron chi connectivity index (χ3n) is 3.16. The summed E-state index contributed by atoms with van der Waals surface area (Å²) in [5.74, 6) is 0. The number of aryl methyl sites for hydroxylation is 2. The van der Waals surface area contributed by atoms with Crippen LogP contribution in [0.4, 0.5) is 0 Å². The van der Waals surface area contributed by atoms with Crippen LogP contribution in [-0.4, -0.2) is 14.8 Å². The highest BCUT2D eigenvalue weighted by atomic mass is 15.3. The Bertz CT molecular complexity index is 490. The highest BCUT2D eigenvalue weighted by Gasteiger charge is 2.07. The Balaban J connectivity index is 1.97. The van der Waals surface area contributed by atoms with Crippen LogP contribution in [0.25, 0.3) is 0 Å². The smallest absolute Gasteiger partial charge is 0.0625 e. The van der Waals surface area contributed by atoms with Crippen LogP contribution in [0.5, 0.6) is 0 Å². The summed E-state index contributed by atoms with van der Waals surface area (Å²) in [4.78, 5) is 4.14. The molecule has 0 amide bonds. The molecule has 1 N–H and O–H groups in total. The second kappa shape index (κ2) is 5.78. The maximum atomic E-state index is 4.44. The van der Waals surface area contributed by atoms with Gasteiger partial charge < -0.3 is 5.32 Å². The minimum absolute atomic E-state index is 0.290. The Morgan fingerprint density at radius 3 is 2.89 bits per heavy atom. The van der Waals surface area contributed by atoms with E-state index >= 15 is 0 Å². The van der Waals surface area contributed by atoms with Crippen LogP contribution in [0.3, 0.4) is 0 Å². The van der Waals surface area contributed by atoms with Crippen molar-refractivity contribution in [2.75, 3.05) is 0 Å². The molecule has 0 aliphatic rings. The summed E-state index contributed by atoms with van der Waals surface area (Å²) in [6, 6.07) is 6.50. The monoisotopic (exact) mass is 244 g/mol. The van der Waals surface area contributed by atoms with Crippen LogP contribution in [0.1, 0.15) is 36.8 Å². The average Bonchev–Trinajstić information content (AvgIpc) is 2.77. The molecular formula is C14H20N4. The fourth-order valence-corrected chi connectivity index (χ4v) is 1.92. The molecule has 0 radical (unpaired) electrons. The van der Waals surface area contributed by atoms with Crippen LogP contribution in [0.15, 0.2) is 30.6 Å². The van der Waals surface area contributed by atoms with Crippen molar-refractivity contribution in [3.05, 3.63) is 47.5 Å². The highest BCUT2D eigenvalue weighted by molar-refractivity contribution is 5.14. The number of aromatic nitrogens is 3. The van der Waals surface area contributed by atoms with Gasteiger partial charge in [-0.3, -0.25) is 9.67 Å². The first-order chi connectivity index (χ1) is 8.70. The zero-order chi connectivity index (χ0) is 13.0. The molecule has 0 aliphatic carbocycles. The van der Waals surface area contributed by atoms with E-state index in [1.165, 1.54) is 11.3 Å². The number of nitrogens with one attached hydrogen (secondary N) is 1. The van der Waals surface area contributed by atoms with E-state index in [2.05, 4.69) is 41.4 Å². The largest absolute Gasteiger partial charge is 0.305 e. The van der Waals surface area contributed by atoms with Gasteiger partial charge in [0.25, 0.3) is 0 Å². The van der Waals surface area contributed by atoms with Crippen LogP contribution < -0.4 is 5.32 Å². The summed E-state index contributed by atoms with van der Waals surface area (Å²) in [6.07, 6.45) is 4.68. The third-order valence-corrected chi connectivity index (χ3v) is 3.16. The number of rotatable bonds is 5. The van der Waals surface area contributed by atoms with Gasteiger partial charge in [-0.15, -0.1) is 0 Å². The molecule has 2 aromatic rings. The van der Waals surface area contributed by atoms with Crippen molar-refractivity contribution in [3.8, 4) is 0 Å². The van der Waals surface area contributed by atoms with E-state index in [1.54, 1.807) is 6.20 Å². The molecule has 2 heterocycles. The topological polar surface area (TPSA) is 42.7 Å². The molecule has 0 bridgehead atoms. The van der Waals surface area contributed by atoms with Crippen LogP contribution in [0.2, 0.25) is 0 Å². The lowest BCUT2D eigenvalue weighted by atomic mass is 10.1. The molecule has 0 aliphatic heterocycles. The van der Waals surface area contributed by atoms with Crippen molar-refractivity contribution in [2.24, 2.45) is 7.05 Å². The first kappa shape index (κ1) is 12.8. The molecule has 4 nitrogen and oxygen atoms in total. The van der Waals surface area contributed by atoms with Gasteiger partial charge in [-0.05, 0) is 31.0 Å². The molecule has 0 spiro atoms. The fraction of sp³-hybridized carbons (Fsp3) is 0.429. The quantitative estimate of drug-likeness (QED) is 0.877. The summed E-state index contributed by atoms with van der Waals surface area (Å²) in [7, 11) is 1.99. The van der Waals surface area contributed by atoms with E-state index in [-0.39, 0.29) is 0 Å². The van der Waals surface area contributed by atoms with Crippen molar-refractivity contribution in [1.82, 2.24) is 20.1 Å². The van der Waals surface area contributed by atoms with E-state index in [0.29, 0.717) is 6.04 Å². The van der Waals surface area contributed by atoms with Crippen molar-refractivity contribution in [2.45, 2.75) is 32.9 Å². The van der Waals surface area contributed by atoms with Crippen molar-refractivity contribution in [1.29, 1.82) is 0 Å². The second-order valence-electron chi connectivity index (χ2n) is 4.49. The molecule has 2 aromatic heterocycles. The molecule has 0 aromatic carbocycles. The third kappa shape index (κ3) is 2.96. The van der Waals surface area contributed by atoms with E-state index in [9.17, 15) is 0 Å². The van der Waals surface area contributed by atoms with Crippen molar-refractivity contribution in [3.63, 3.8) is 0 Å². The molecule has 0 unspecified atom stereocenters. The van der Waals surface area contributed by atoms with E-state index in [0.717, 1.165) is 18.7 Å². The molecule has 2 rings (SSSR count). The van der Waals surface area contributed by atoms with E-state index < -0.39 is 0 Å². The lowest BCUT2D eigenvalue weighted by molar-refractivity contribution is 0.546. The summed E-state index contributed by atoms with van der Waals surface area (Å²) >= 11 is 0. The first-order valence-electron chi connectivity index (χ1n) is 6.35. The zero-order valence-electron chi connectivity index (χ0n) is 11.2. The van der Waals surface area contributed by atoms with Gasteiger partial charge in [-0.1, -0.05) is 13.0 Å². The van der Waals surface area contributed by atoms with E-state index in [4.69, 9.17) is 0 Å². The highest BCUT2D eigenvalue weighted by Crippen LogP contribution is 2.11. The molecule has 0 saturated carbocycles. The summed E-state index contributed by atoms with van der Waals surface area (Å²) in [6.45, 7) is 5.09. The van der Waals surface area contributed by atoms with Gasteiger partial charge in [0, 0.05) is 32.0 Å². The number of pyridine rings is 1. The molecule has 4 heteroatoms. The molecule has 96 valence electrons. The van der Waals surface area contributed by atoms with Crippen LogP contribution in [0, 0.1) is 0 Å². The molecular weight excluding hydrogens is 224 g/mol. The maximum Gasteiger partial charge on any atom is 0.0625 e. The summed E-state index contributed by atoms with van der Waals surface area (Å²) in [5, 5.41) is 7.94. The standard InChI is InChI=1S/C14H20N4/c1-4-13-8-14(18(3)17-13)10-16-11(2)12-6-5-7-15-9-12/h5-9,11,16H,4,10H2,1-3H3/t11-/m1/s1. The zero-order valence-corrected chi connectivity index (χ0v) is 11.2. The van der Waals surface area contributed by atoms with Crippen molar-refractivity contribution < 1.29 is 0 Å². The second-order valence-corrected chi connectivity index (χ2v) is 4.49. The predicted octanol–water partition coefficient (Wildman–Crippen LogP) is 2.23. The number of hydrogen-bond acceptors (Lipinski definition) is 3. The average molecular weight is 244 g/mol. The van der Waals surface area contributed by atoms with Gasteiger partial charge in [0.2, 0.25) is 0 Å². The first-order valence-corrected chi connectivity index (χ1v) is 6.35. The minimum Gasteiger partial charge on any atom is -0.305 e. The lowest BCUT2D eigenvalue weighted by Crippen LogP contribution is -2.19. The normalized spacial score (nSPS) is 12.6. The summed E-state index contributed by atoms with van der Waals surface area (Å²) < 4.78 is 1.95. The van der Waals surface area contributed by atoms with Gasteiger partial charge in [0.05, 0.1) is 11.4 Å². The molecule has 18 heavy (non-hydrogen) atoms. The maximum absolute atomic E-state index is 4.44. The Hall–Kier alpha value is -1.68. The summed E-state index contributed by atoms with van der Waals surface area (Å²) in [5.41, 5.74) is 3.56. The number of nitrogens with zero attached hydrogens (tertiary/aromatic N) is 3. The van der Waals surface area contributed by atoms with Crippen molar-refractivity contribution >= 4 is 0 Å². The van der Waals surface area contributed by atoms with Crippen LogP contribution >= 0.6 is 0 Å². The van der Waals surface area contributed by atoms with Gasteiger partial charge in [0.1, 0.15) is 0 Å². The van der Waals surface area contributed by atoms with Gasteiger partial charge in [0.15, 0.2) is 0 Å². The number of hydrogen-bond donors (Lipinski definition) is 1. The fourth-order valence-electron chi connectivity index (χ4n) is 1.92. The Kier molecular flexibility index (Phi) is 4.10. The van der Waals surface area contributed by atoms with Gasteiger partial charge >= 0.3 is 0 Å². The van der Waals surface area contributed by atoms with Gasteiger partial charge in [-0.2, -0.15) is 5.10 Å². The van der Waals surface area contributed by atoms with Gasteiger partial charge in [-0.25, -0.2) is 0 Å². The Morgan fingerprint density at radius 1 is 1.44 bits per heavy atom. The molecule has 0 fully saturated rings. The Morgan fingerprint density at radius 2 is 2.28 bits per heavy atom. The predicted molar refractivity (Wildman–Crippen MR) is 72.1 cm³/mol. The molecule has 1 atom stereocenters. The van der Waals surface area contributed by atoms with Crippen LogP contribution in [-0.2, 0) is 20.0 Å². The van der Waals surface area contributed by atoms with E-state index in [1.807, 2.05) is 24.0 Å². The molecule has 0 saturated heterocycles. The Labute approximate surface area is 108 Å². The SMILES string of the molecule is CCc1cc(CN[C@H](C)c2cccnc2)n(C)n1. The lowest BCUT2D eigenvalue weighted by Gasteiger charge is -2.13. The minimum atomic E-state index is 0.290.